The Bertz CT molecular complexity index is 380. The molecule has 0 unspecified atom stereocenters. The standard InChI is InChI=1S/C5H6N2O2.C4H6N2/c8-5(9)1-4-2-6-3-7-4;1-6-3-2-5-4-6/h2-3H,1H2,(H,6,7)(H,8,9);2-4H,1H3. The number of aromatic nitrogens is 4. The van der Waals surface area contributed by atoms with E-state index in [2.05, 4.69) is 15.0 Å². The number of hydrogen-bond acceptors (Lipinski definition) is 3. The largest absolute Gasteiger partial charge is 0.481 e. The molecule has 2 aromatic heterocycles. The van der Waals surface area contributed by atoms with Crippen LogP contribution in [0.5, 0.6) is 0 Å². The molecule has 0 fully saturated rings. The Morgan fingerprint density at radius 3 is 2.80 bits per heavy atom. The number of rotatable bonds is 2. The highest BCUT2D eigenvalue weighted by molar-refractivity contribution is 5.69. The van der Waals surface area contributed by atoms with Crippen LogP contribution in [0.25, 0.3) is 0 Å². The number of carboxylic acids is 1. The maximum Gasteiger partial charge on any atom is 0.309 e. The van der Waals surface area contributed by atoms with Crippen LogP contribution in [0.3, 0.4) is 0 Å². The number of aromatic amines is 1. The van der Waals surface area contributed by atoms with E-state index >= 15 is 0 Å². The van der Waals surface area contributed by atoms with E-state index in [0.29, 0.717) is 5.69 Å². The normalized spacial score (nSPS) is 9.13. The van der Waals surface area contributed by atoms with E-state index in [9.17, 15) is 4.79 Å². The van der Waals surface area contributed by atoms with E-state index < -0.39 is 5.97 Å². The lowest BCUT2D eigenvalue weighted by Crippen LogP contribution is -1.99. The first kappa shape index (κ1) is 11.0. The number of imidazole rings is 2. The second kappa shape index (κ2) is 5.58. The van der Waals surface area contributed by atoms with Crippen molar-refractivity contribution in [1.29, 1.82) is 0 Å². The number of carbonyl (C=O) groups is 1. The maximum atomic E-state index is 10.0. The lowest BCUT2D eigenvalue weighted by molar-refractivity contribution is -0.136. The van der Waals surface area contributed by atoms with E-state index in [1.54, 1.807) is 18.7 Å². The van der Waals surface area contributed by atoms with Crippen LogP contribution >= 0.6 is 0 Å². The highest BCUT2D eigenvalue weighted by Crippen LogP contribution is 1.90. The summed E-state index contributed by atoms with van der Waals surface area (Å²) in [4.78, 5) is 20.2. The molecule has 0 saturated heterocycles. The third-order valence-electron chi connectivity index (χ3n) is 1.52. The Morgan fingerprint density at radius 1 is 1.67 bits per heavy atom. The predicted octanol–water partition coefficient (Wildman–Crippen LogP) is 0.457. The van der Waals surface area contributed by atoms with Crippen molar-refractivity contribution in [1.82, 2.24) is 19.5 Å². The van der Waals surface area contributed by atoms with Crippen LogP contribution in [0, 0.1) is 0 Å². The summed E-state index contributed by atoms with van der Waals surface area (Å²) >= 11 is 0. The molecule has 80 valence electrons. The molecule has 6 heteroatoms. The smallest absolute Gasteiger partial charge is 0.309 e. The fourth-order valence-corrected chi connectivity index (χ4v) is 0.868. The van der Waals surface area contributed by atoms with E-state index in [1.165, 1.54) is 6.33 Å². The summed E-state index contributed by atoms with van der Waals surface area (Å²) in [5.74, 6) is -0.859. The number of H-pyrrole nitrogens is 1. The van der Waals surface area contributed by atoms with Gasteiger partial charge in [-0.05, 0) is 0 Å². The van der Waals surface area contributed by atoms with Gasteiger partial charge >= 0.3 is 5.97 Å². The van der Waals surface area contributed by atoms with Gasteiger partial charge in [-0.1, -0.05) is 0 Å². The van der Waals surface area contributed by atoms with Crippen molar-refractivity contribution in [3.05, 3.63) is 36.9 Å². The van der Waals surface area contributed by atoms with Gasteiger partial charge in [0.2, 0.25) is 0 Å². The number of aryl methyl sites for hydroxylation is 1. The molecule has 15 heavy (non-hydrogen) atoms. The van der Waals surface area contributed by atoms with Crippen LogP contribution in [0.2, 0.25) is 0 Å². The van der Waals surface area contributed by atoms with Crippen LogP contribution in [0.4, 0.5) is 0 Å². The zero-order valence-corrected chi connectivity index (χ0v) is 8.29. The molecule has 2 heterocycles. The van der Waals surface area contributed by atoms with Gasteiger partial charge in [0.25, 0.3) is 0 Å². The average molecular weight is 208 g/mol. The van der Waals surface area contributed by atoms with Gasteiger partial charge in [-0.25, -0.2) is 9.97 Å². The highest BCUT2D eigenvalue weighted by Gasteiger charge is 1.99. The molecular weight excluding hydrogens is 196 g/mol. The first-order valence-electron chi connectivity index (χ1n) is 4.30. The molecule has 2 N–H and O–H groups in total. The minimum atomic E-state index is -0.859. The zero-order valence-electron chi connectivity index (χ0n) is 8.29. The van der Waals surface area contributed by atoms with E-state index in [-0.39, 0.29) is 6.42 Å². The SMILES string of the molecule is Cn1ccnc1.O=C(O)Cc1c[nH]cn1. The molecular formula is C9H12N4O2. The molecule has 0 radical (unpaired) electrons. The van der Waals surface area contributed by atoms with Crippen molar-refractivity contribution in [2.75, 3.05) is 0 Å². The summed E-state index contributed by atoms with van der Waals surface area (Å²) in [7, 11) is 1.94. The Labute approximate surface area is 86.6 Å². The van der Waals surface area contributed by atoms with Crippen LogP contribution in [0.1, 0.15) is 5.69 Å². The lowest BCUT2D eigenvalue weighted by atomic mass is 10.3. The van der Waals surface area contributed by atoms with Gasteiger partial charge < -0.3 is 14.7 Å². The third kappa shape index (κ3) is 4.61. The first-order chi connectivity index (χ1) is 7.18. The quantitative estimate of drug-likeness (QED) is 0.750. The van der Waals surface area contributed by atoms with Crippen molar-refractivity contribution < 1.29 is 9.90 Å². The van der Waals surface area contributed by atoms with Gasteiger partial charge in [-0.2, -0.15) is 0 Å². The van der Waals surface area contributed by atoms with Gasteiger partial charge in [0.15, 0.2) is 0 Å². The number of nitrogens with zero attached hydrogens (tertiary/aromatic N) is 3. The molecule has 0 atom stereocenters. The number of carboxylic acid groups (broad SMARTS) is 1. The Morgan fingerprint density at radius 2 is 2.47 bits per heavy atom. The molecule has 6 nitrogen and oxygen atoms in total. The second-order valence-electron chi connectivity index (χ2n) is 2.86. The Kier molecular flexibility index (Phi) is 4.08. The maximum absolute atomic E-state index is 10.0. The minimum Gasteiger partial charge on any atom is -0.481 e. The Balaban J connectivity index is 0.000000162. The van der Waals surface area contributed by atoms with E-state index in [4.69, 9.17) is 5.11 Å². The molecule has 2 aromatic rings. The number of aliphatic carboxylic acids is 1. The summed E-state index contributed by atoms with van der Waals surface area (Å²) in [5.41, 5.74) is 0.558. The lowest BCUT2D eigenvalue weighted by Gasteiger charge is -1.84. The molecule has 0 aromatic carbocycles. The third-order valence-corrected chi connectivity index (χ3v) is 1.52. The molecule has 0 saturated carbocycles. The van der Waals surface area contributed by atoms with Gasteiger partial charge in [0.05, 0.1) is 24.8 Å². The highest BCUT2D eigenvalue weighted by atomic mass is 16.4. The number of hydrogen-bond donors (Lipinski definition) is 2. The summed E-state index contributed by atoms with van der Waals surface area (Å²) in [6.45, 7) is 0. The fourth-order valence-electron chi connectivity index (χ4n) is 0.868. The van der Waals surface area contributed by atoms with Crippen LogP contribution in [0.15, 0.2) is 31.2 Å². The summed E-state index contributed by atoms with van der Waals surface area (Å²) in [6, 6.07) is 0. The monoisotopic (exact) mass is 208 g/mol. The zero-order chi connectivity index (χ0) is 11.1. The summed E-state index contributed by atoms with van der Waals surface area (Å²) in [5, 5.41) is 8.23. The van der Waals surface area contributed by atoms with Crippen LogP contribution in [-0.2, 0) is 18.3 Å². The van der Waals surface area contributed by atoms with Crippen molar-refractivity contribution >= 4 is 5.97 Å². The molecule has 0 spiro atoms. The van der Waals surface area contributed by atoms with E-state index in [1.807, 2.05) is 17.8 Å². The minimum absolute atomic E-state index is 0.0104. The molecule has 0 bridgehead atoms. The summed E-state index contributed by atoms with van der Waals surface area (Å²) in [6.07, 6.45) is 8.40. The van der Waals surface area contributed by atoms with Crippen molar-refractivity contribution in [2.24, 2.45) is 7.05 Å². The topological polar surface area (TPSA) is 83.8 Å². The fraction of sp³-hybridized carbons (Fsp3) is 0.222. The molecule has 0 aliphatic rings. The molecule has 0 aliphatic heterocycles. The molecule has 0 aliphatic carbocycles. The summed E-state index contributed by atoms with van der Waals surface area (Å²) < 4.78 is 1.89. The van der Waals surface area contributed by atoms with Crippen molar-refractivity contribution in [2.45, 2.75) is 6.42 Å². The van der Waals surface area contributed by atoms with Gasteiger partial charge in [-0.3, -0.25) is 4.79 Å². The molecule has 0 amide bonds. The predicted molar refractivity (Wildman–Crippen MR) is 53.1 cm³/mol. The second-order valence-corrected chi connectivity index (χ2v) is 2.86. The van der Waals surface area contributed by atoms with Crippen LogP contribution in [-0.4, -0.2) is 30.6 Å². The molecule has 2 rings (SSSR count). The first-order valence-corrected chi connectivity index (χ1v) is 4.30. The van der Waals surface area contributed by atoms with Gasteiger partial charge in [-0.15, -0.1) is 0 Å². The van der Waals surface area contributed by atoms with Gasteiger partial charge in [0, 0.05) is 25.6 Å². The van der Waals surface area contributed by atoms with Gasteiger partial charge in [0.1, 0.15) is 0 Å². The van der Waals surface area contributed by atoms with Crippen molar-refractivity contribution in [3.8, 4) is 0 Å². The average Bonchev–Trinajstić information content (AvgIpc) is 2.78. The Hall–Kier alpha value is -2.11. The van der Waals surface area contributed by atoms with E-state index in [0.717, 1.165) is 0 Å². The number of nitrogens with one attached hydrogen (secondary N) is 1. The van der Waals surface area contributed by atoms with Crippen molar-refractivity contribution in [3.63, 3.8) is 0 Å². The van der Waals surface area contributed by atoms with Crippen LogP contribution < -0.4 is 0 Å².